The summed E-state index contributed by atoms with van der Waals surface area (Å²) in [5, 5.41) is 8.91. The molecular weight excluding hydrogens is 112 g/mol. The Bertz CT molecular complexity index is 57.1. The molecule has 0 aromatic heterocycles. The number of halogens is 1. The Hall–Kier alpha value is 0.250. The van der Waals surface area contributed by atoms with Crippen molar-refractivity contribution >= 4 is 11.6 Å². The third-order valence-corrected chi connectivity index (χ3v) is 1.91. The van der Waals surface area contributed by atoms with Gasteiger partial charge in [0.15, 0.2) is 0 Å². The van der Waals surface area contributed by atoms with Crippen LogP contribution in [0.1, 0.15) is 19.3 Å². The summed E-state index contributed by atoms with van der Waals surface area (Å²) in [5.41, 5.74) is 0. The molecule has 2 heteroatoms. The fraction of sp³-hybridized carbons (Fsp3) is 1.00. The van der Waals surface area contributed by atoms with Crippen molar-refractivity contribution in [2.24, 2.45) is 0 Å². The number of aliphatic hydroxyl groups is 1. The molecule has 0 heterocycles. The van der Waals surface area contributed by atoms with Gasteiger partial charge in [-0.05, 0) is 19.3 Å². The summed E-state index contributed by atoms with van der Waals surface area (Å²) in [6.45, 7) is 0. The third-order valence-electron chi connectivity index (χ3n) is 1.40. The highest BCUT2D eigenvalue weighted by atomic mass is 35.5. The molecule has 1 rings (SSSR count). The topological polar surface area (TPSA) is 20.2 Å². The van der Waals surface area contributed by atoms with E-state index in [2.05, 4.69) is 0 Å². The molecule has 0 aromatic carbocycles. The van der Waals surface area contributed by atoms with Crippen molar-refractivity contribution in [2.75, 3.05) is 0 Å². The highest BCUT2D eigenvalue weighted by Gasteiger charge is 2.21. The summed E-state index contributed by atoms with van der Waals surface area (Å²) in [4.78, 5) is 0. The van der Waals surface area contributed by atoms with Crippen LogP contribution >= 0.6 is 11.6 Å². The second-order valence-corrected chi connectivity index (χ2v) is 2.57. The quantitative estimate of drug-likeness (QED) is 0.476. The molecule has 42 valence electrons. The van der Waals surface area contributed by atoms with Crippen molar-refractivity contribution in [1.29, 1.82) is 0 Å². The Morgan fingerprint density at radius 1 is 1.43 bits per heavy atom. The lowest BCUT2D eigenvalue weighted by Gasteiger charge is -2.01. The lowest BCUT2D eigenvalue weighted by atomic mass is 10.3. The van der Waals surface area contributed by atoms with Gasteiger partial charge >= 0.3 is 0 Å². The van der Waals surface area contributed by atoms with Crippen LogP contribution in [-0.2, 0) is 0 Å². The van der Waals surface area contributed by atoms with Crippen molar-refractivity contribution in [3.05, 3.63) is 0 Å². The van der Waals surface area contributed by atoms with Crippen LogP contribution in [0.3, 0.4) is 0 Å². The van der Waals surface area contributed by atoms with Crippen molar-refractivity contribution in [1.82, 2.24) is 0 Å². The van der Waals surface area contributed by atoms with E-state index in [0.29, 0.717) is 0 Å². The largest absolute Gasteiger partial charge is 0.392 e. The molecule has 1 aliphatic rings. The van der Waals surface area contributed by atoms with E-state index in [4.69, 9.17) is 16.7 Å². The van der Waals surface area contributed by atoms with E-state index in [1.807, 2.05) is 0 Å². The fourth-order valence-electron chi connectivity index (χ4n) is 0.895. The van der Waals surface area contributed by atoms with Gasteiger partial charge in [-0.25, -0.2) is 0 Å². The normalized spacial score (nSPS) is 42.0. The minimum atomic E-state index is -0.221. The minimum Gasteiger partial charge on any atom is -0.392 e. The Labute approximate surface area is 48.3 Å². The maximum atomic E-state index is 8.87. The van der Waals surface area contributed by atoms with E-state index in [9.17, 15) is 0 Å². The molecule has 1 fully saturated rings. The summed E-state index contributed by atoms with van der Waals surface area (Å²) in [7, 11) is 0. The molecule has 1 nitrogen and oxygen atoms in total. The predicted molar refractivity (Wildman–Crippen MR) is 29.5 cm³/mol. The van der Waals surface area contributed by atoms with E-state index in [0.717, 1.165) is 19.3 Å². The second-order valence-electron chi connectivity index (χ2n) is 2.01. The third kappa shape index (κ3) is 1.07. The molecule has 0 bridgehead atoms. The van der Waals surface area contributed by atoms with Gasteiger partial charge in [0.25, 0.3) is 0 Å². The molecule has 0 aromatic rings. The molecule has 0 amide bonds. The van der Waals surface area contributed by atoms with E-state index in [1.165, 1.54) is 0 Å². The molecule has 1 aliphatic carbocycles. The summed E-state index contributed by atoms with van der Waals surface area (Å²) >= 11 is 5.61. The summed E-state index contributed by atoms with van der Waals surface area (Å²) in [6.07, 6.45) is 2.76. The van der Waals surface area contributed by atoms with Crippen molar-refractivity contribution in [2.45, 2.75) is 30.7 Å². The van der Waals surface area contributed by atoms with Crippen LogP contribution in [0.2, 0.25) is 0 Å². The average molecular weight is 121 g/mol. The first-order valence-electron chi connectivity index (χ1n) is 2.63. The zero-order chi connectivity index (χ0) is 5.28. The molecule has 7 heavy (non-hydrogen) atoms. The average Bonchev–Trinajstić information content (AvgIpc) is 1.91. The zero-order valence-electron chi connectivity index (χ0n) is 4.10. The predicted octanol–water partition coefficient (Wildman–Crippen LogP) is 1.14. The van der Waals surface area contributed by atoms with Gasteiger partial charge in [0, 0.05) is 0 Å². The van der Waals surface area contributed by atoms with Gasteiger partial charge in [0.1, 0.15) is 0 Å². The number of rotatable bonds is 0. The molecule has 0 spiro atoms. The maximum absolute atomic E-state index is 8.87. The Balaban J connectivity index is 2.33. The Kier molecular flexibility index (Phi) is 1.55. The molecule has 0 radical (unpaired) electrons. The van der Waals surface area contributed by atoms with Crippen molar-refractivity contribution < 1.29 is 5.11 Å². The smallest absolute Gasteiger partial charge is 0.0703 e. The SMILES string of the molecule is O[C@H]1CCC[C@@H]1Cl. The number of alkyl halides is 1. The lowest BCUT2D eigenvalue weighted by molar-refractivity contribution is 0.186. The van der Waals surface area contributed by atoms with E-state index in [1.54, 1.807) is 0 Å². The van der Waals surface area contributed by atoms with Crippen molar-refractivity contribution in [3.63, 3.8) is 0 Å². The summed E-state index contributed by atoms with van der Waals surface area (Å²) in [6, 6.07) is 0. The Morgan fingerprint density at radius 2 is 2.14 bits per heavy atom. The first kappa shape index (κ1) is 5.39. The van der Waals surface area contributed by atoms with E-state index in [-0.39, 0.29) is 11.5 Å². The first-order chi connectivity index (χ1) is 3.30. The highest BCUT2D eigenvalue weighted by molar-refractivity contribution is 6.21. The van der Waals surface area contributed by atoms with Gasteiger partial charge < -0.3 is 5.11 Å². The number of hydrogen-bond donors (Lipinski definition) is 1. The Morgan fingerprint density at radius 3 is 2.29 bits per heavy atom. The van der Waals surface area contributed by atoms with Gasteiger partial charge in [-0.3, -0.25) is 0 Å². The summed E-state index contributed by atoms with van der Waals surface area (Å²) in [5.74, 6) is 0. The monoisotopic (exact) mass is 120 g/mol. The van der Waals surface area contributed by atoms with Crippen LogP contribution in [0.4, 0.5) is 0 Å². The van der Waals surface area contributed by atoms with Gasteiger partial charge in [-0.2, -0.15) is 0 Å². The van der Waals surface area contributed by atoms with Crippen LogP contribution < -0.4 is 0 Å². The summed E-state index contributed by atoms with van der Waals surface area (Å²) < 4.78 is 0. The molecule has 0 saturated heterocycles. The van der Waals surface area contributed by atoms with Crippen LogP contribution in [0.25, 0.3) is 0 Å². The lowest BCUT2D eigenvalue weighted by Crippen LogP contribution is -2.11. The number of hydrogen-bond acceptors (Lipinski definition) is 1. The molecule has 1 saturated carbocycles. The van der Waals surface area contributed by atoms with Crippen LogP contribution in [-0.4, -0.2) is 16.6 Å². The fourth-order valence-corrected chi connectivity index (χ4v) is 1.18. The van der Waals surface area contributed by atoms with Gasteiger partial charge in [-0.1, -0.05) is 0 Å². The van der Waals surface area contributed by atoms with Crippen molar-refractivity contribution in [3.8, 4) is 0 Å². The molecular formula is C5H9ClO. The minimum absolute atomic E-state index is 0.0417. The van der Waals surface area contributed by atoms with Gasteiger partial charge in [0.05, 0.1) is 11.5 Å². The van der Waals surface area contributed by atoms with E-state index >= 15 is 0 Å². The maximum Gasteiger partial charge on any atom is 0.0703 e. The highest BCUT2D eigenvalue weighted by Crippen LogP contribution is 2.23. The van der Waals surface area contributed by atoms with Crippen LogP contribution in [0.15, 0.2) is 0 Å². The molecule has 0 unspecified atom stereocenters. The second kappa shape index (κ2) is 2.01. The molecule has 1 N–H and O–H groups in total. The first-order valence-corrected chi connectivity index (χ1v) is 3.06. The van der Waals surface area contributed by atoms with Crippen LogP contribution in [0, 0.1) is 0 Å². The molecule has 0 aliphatic heterocycles. The zero-order valence-corrected chi connectivity index (χ0v) is 4.86. The molecule has 2 atom stereocenters. The van der Waals surface area contributed by atoms with Gasteiger partial charge in [0.2, 0.25) is 0 Å². The number of aliphatic hydroxyl groups excluding tert-OH is 1. The standard InChI is InChI=1S/C5H9ClO/c6-4-2-1-3-5(4)7/h4-5,7H,1-3H2/t4-,5-/m0/s1. The van der Waals surface area contributed by atoms with Gasteiger partial charge in [-0.15, -0.1) is 11.6 Å². The van der Waals surface area contributed by atoms with Crippen LogP contribution in [0.5, 0.6) is 0 Å². The van der Waals surface area contributed by atoms with E-state index < -0.39 is 0 Å².